The van der Waals surface area contributed by atoms with E-state index in [1.165, 1.54) is 0 Å². The van der Waals surface area contributed by atoms with Crippen LogP contribution in [-0.2, 0) is 16.0 Å². The zero-order valence-electron chi connectivity index (χ0n) is 14.2. The van der Waals surface area contributed by atoms with E-state index in [1.54, 1.807) is 6.20 Å². The van der Waals surface area contributed by atoms with Gasteiger partial charge in [0, 0.05) is 63.2 Å². The molecule has 7 heteroatoms. The van der Waals surface area contributed by atoms with E-state index in [-0.39, 0.29) is 17.9 Å². The monoisotopic (exact) mass is 335 g/mol. The van der Waals surface area contributed by atoms with E-state index in [0.717, 1.165) is 64.1 Å². The van der Waals surface area contributed by atoms with Crippen LogP contribution in [0.3, 0.4) is 0 Å². The predicted molar refractivity (Wildman–Crippen MR) is 91.4 cm³/mol. The number of nitrogens with two attached hydrogens (primary N) is 1. The lowest BCUT2D eigenvalue weighted by molar-refractivity contribution is -0.125. The third kappa shape index (κ3) is 4.78. The van der Waals surface area contributed by atoms with Crippen molar-refractivity contribution in [3.8, 4) is 0 Å². The van der Waals surface area contributed by atoms with Crippen LogP contribution in [0.2, 0.25) is 0 Å². The van der Waals surface area contributed by atoms with Gasteiger partial charge in [0.05, 0.1) is 5.92 Å². The second kappa shape index (κ2) is 8.60. The first-order valence-corrected chi connectivity index (χ1v) is 9.05. The Morgan fingerprint density at radius 3 is 2.92 bits per heavy atom. The van der Waals surface area contributed by atoms with Gasteiger partial charge in [-0.25, -0.2) is 0 Å². The summed E-state index contributed by atoms with van der Waals surface area (Å²) >= 11 is 0. The summed E-state index contributed by atoms with van der Waals surface area (Å²) in [6.45, 7) is 3.98. The molecule has 2 atom stereocenters. The number of rotatable bonds is 5. The van der Waals surface area contributed by atoms with Gasteiger partial charge in [-0.3, -0.25) is 14.8 Å². The van der Waals surface area contributed by atoms with Gasteiger partial charge in [-0.1, -0.05) is 0 Å². The van der Waals surface area contributed by atoms with Crippen LogP contribution in [0.4, 0.5) is 0 Å². The SMILES string of the molecule is N[C@H]1CC[C@@H](C(=O)NCCc2ccn[nH]2)CN(C2CCOCC2)C1. The number of ether oxygens (including phenoxy) is 1. The highest BCUT2D eigenvalue weighted by Crippen LogP contribution is 2.22. The van der Waals surface area contributed by atoms with E-state index in [2.05, 4.69) is 20.4 Å². The highest BCUT2D eigenvalue weighted by atomic mass is 16.5. The number of hydrogen-bond donors (Lipinski definition) is 3. The molecule has 0 radical (unpaired) electrons. The Bertz CT molecular complexity index is 501. The fourth-order valence-corrected chi connectivity index (χ4v) is 3.71. The molecular formula is C17H29N5O2. The van der Waals surface area contributed by atoms with E-state index in [0.29, 0.717) is 12.6 Å². The number of carbonyl (C=O) groups excluding carboxylic acids is 1. The van der Waals surface area contributed by atoms with Crippen LogP contribution < -0.4 is 11.1 Å². The summed E-state index contributed by atoms with van der Waals surface area (Å²) < 4.78 is 5.47. The van der Waals surface area contributed by atoms with Crippen LogP contribution in [0, 0.1) is 5.92 Å². The molecule has 0 spiro atoms. The van der Waals surface area contributed by atoms with Crippen molar-refractivity contribution in [1.82, 2.24) is 20.4 Å². The normalized spacial score (nSPS) is 26.9. The van der Waals surface area contributed by atoms with Crippen LogP contribution in [0.25, 0.3) is 0 Å². The third-order valence-corrected chi connectivity index (χ3v) is 5.14. The maximum absolute atomic E-state index is 12.6. The third-order valence-electron chi connectivity index (χ3n) is 5.14. The fraction of sp³-hybridized carbons (Fsp3) is 0.765. The van der Waals surface area contributed by atoms with E-state index in [4.69, 9.17) is 10.5 Å². The van der Waals surface area contributed by atoms with Gasteiger partial charge in [0.15, 0.2) is 0 Å². The zero-order chi connectivity index (χ0) is 16.8. The molecule has 2 fully saturated rings. The Labute approximate surface area is 143 Å². The van der Waals surface area contributed by atoms with Crippen LogP contribution in [-0.4, -0.2) is 65.9 Å². The highest BCUT2D eigenvalue weighted by molar-refractivity contribution is 5.78. The van der Waals surface area contributed by atoms with E-state index in [1.807, 2.05) is 6.07 Å². The predicted octanol–water partition coefficient (Wildman–Crippen LogP) is 0.287. The smallest absolute Gasteiger partial charge is 0.224 e. The first-order valence-electron chi connectivity index (χ1n) is 9.05. The van der Waals surface area contributed by atoms with Crippen molar-refractivity contribution in [2.45, 2.75) is 44.2 Å². The number of H-pyrrole nitrogens is 1. The van der Waals surface area contributed by atoms with Crippen molar-refractivity contribution in [2.75, 3.05) is 32.8 Å². The first kappa shape index (κ1) is 17.4. The molecule has 2 aliphatic rings. The van der Waals surface area contributed by atoms with Crippen LogP contribution in [0.1, 0.15) is 31.4 Å². The quantitative estimate of drug-likeness (QED) is 0.718. The molecule has 1 aromatic heterocycles. The van der Waals surface area contributed by atoms with Gasteiger partial charge < -0.3 is 15.8 Å². The second-order valence-electron chi connectivity index (χ2n) is 6.95. The molecule has 0 saturated carbocycles. The molecule has 2 aliphatic heterocycles. The van der Waals surface area contributed by atoms with E-state index in [9.17, 15) is 4.79 Å². The van der Waals surface area contributed by atoms with E-state index >= 15 is 0 Å². The summed E-state index contributed by atoms with van der Waals surface area (Å²) in [5, 5.41) is 9.92. The molecule has 0 bridgehead atoms. The molecule has 3 heterocycles. The highest BCUT2D eigenvalue weighted by Gasteiger charge is 2.31. The maximum Gasteiger partial charge on any atom is 0.224 e. The number of nitrogens with one attached hydrogen (secondary N) is 2. The summed E-state index contributed by atoms with van der Waals surface area (Å²) in [5.74, 6) is 0.184. The summed E-state index contributed by atoms with van der Waals surface area (Å²) in [5.41, 5.74) is 7.29. The minimum atomic E-state index is 0.0307. The lowest BCUT2D eigenvalue weighted by Crippen LogP contribution is -2.47. The molecule has 3 rings (SSSR count). The number of nitrogens with zero attached hydrogens (tertiary/aromatic N) is 2. The van der Waals surface area contributed by atoms with Gasteiger partial charge in [0.2, 0.25) is 5.91 Å². The lowest BCUT2D eigenvalue weighted by Gasteiger charge is -2.35. The molecule has 7 nitrogen and oxygen atoms in total. The van der Waals surface area contributed by atoms with Gasteiger partial charge >= 0.3 is 0 Å². The number of likely N-dealkylation sites (tertiary alicyclic amines) is 1. The number of hydrogen-bond acceptors (Lipinski definition) is 5. The summed E-state index contributed by atoms with van der Waals surface area (Å²) in [4.78, 5) is 15.0. The summed E-state index contributed by atoms with van der Waals surface area (Å²) in [7, 11) is 0. The number of aromatic nitrogens is 2. The zero-order valence-corrected chi connectivity index (χ0v) is 14.2. The van der Waals surface area contributed by atoms with Crippen molar-refractivity contribution < 1.29 is 9.53 Å². The van der Waals surface area contributed by atoms with Crippen LogP contribution in [0.5, 0.6) is 0 Å². The Balaban J connectivity index is 1.51. The van der Waals surface area contributed by atoms with Gasteiger partial charge in [-0.2, -0.15) is 5.10 Å². The summed E-state index contributed by atoms with van der Waals surface area (Å²) in [6, 6.07) is 2.60. The molecule has 1 aromatic rings. The van der Waals surface area contributed by atoms with Crippen LogP contribution in [0.15, 0.2) is 12.3 Å². The largest absolute Gasteiger partial charge is 0.381 e. The average molecular weight is 335 g/mol. The Hall–Kier alpha value is -1.44. The van der Waals surface area contributed by atoms with Gasteiger partial charge in [0.1, 0.15) is 0 Å². The standard InChI is InChI=1S/C17H29N5O2/c18-14-2-1-13(11-22(12-14)16-5-9-24-10-6-16)17(23)19-7-3-15-4-8-20-21-15/h4,8,13-14,16H,1-3,5-7,9-12,18H2,(H,19,23)(H,20,21)/t13-,14+/m1/s1. The number of amides is 1. The number of carbonyl (C=O) groups is 1. The summed E-state index contributed by atoms with van der Waals surface area (Å²) in [6.07, 6.45) is 6.38. The van der Waals surface area contributed by atoms with Crippen molar-refractivity contribution in [2.24, 2.45) is 11.7 Å². The molecule has 2 saturated heterocycles. The Morgan fingerprint density at radius 2 is 2.17 bits per heavy atom. The first-order chi connectivity index (χ1) is 11.7. The minimum absolute atomic E-state index is 0.0307. The molecule has 0 aliphatic carbocycles. The molecule has 1 amide bonds. The van der Waals surface area contributed by atoms with Gasteiger partial charge in [-0.05, 0) is 31.7 Å². The van der Waals surface area contributed by atoms with Crippen molar-refractivity contribution in [1.29, 1.82) is 0 Å². The van der Waals surface area contributed by atoms with Crippen molar-refractivity contribution in [3.05, 3.63) is 18.0 Å². The Morgan fingerprint density at radius 1 is 1.33 bits per heavy atom. The topological polar surface area (TPSA) is 96.3 Å². The molecule has 24 heavy (non-hydrogen) atoms. The molecular weight excluding hydrogens is 306 g/mol. The molecule has 4 N–H and O–H groups in total. The molecule has 0 unspecified atom stereocenters. The molecule has 134 valence electrons. The fourth-order valence-electron chi connectivity index (χ4n) is 3.71. The average Bonchev–Trinajstić information content (AvgIpc) is 3.03. The second-order valence-corrected chi connectivity index (χ2v) is 6.95. The van der Waals surface area contributed by atoms with Crippen molar-refractivity contribution >= 4 is 5.91 Å². The van der Waals surface area contributed by atoms with E-state index < -0.39 is 0 Å². The number of aromatic amines is 1. The molecule has 0 aromatic carbocycles. The van der Waals surface area contributed by atoms with Gasteiger partial charge in [-0.15, -0.1) is 0 Å². The van der Waals surface area contributed by atoms with Gasteiger partial charge in [0.25, 0.3) is 0 Å². The minimum Gasteiger partial charge on any atom is -0.381 e. The Kier molecular flexibility index (Phi) is 6.23. The van der Waals surface area contributed by atoms with Crippen LogP contribution >= 0.6 is 0 Å². The van der Waals surface area contributed by atoms with Crippen molar-refractivity contribution in [3.63, 3.8) is 0 Å². The lowest BCUT2D eigenvalue weighted by atomic mass is 10.0. The maximum atomic E-state index is 12.6.